The van der Waals surface area contributed by atoms with Gasteiger partial charge in [-0.3, -0.25) is 19.2 Å². The van der Waals surface area contributed by atoms with Crippen molar-refractivity contribution in [3.05, 3.63) is 34.7 Å². The van der Waals surface area contributed by atoms with Gasteiger partial charge < -0.3 is 10.2 Å². The topological polar surface area (TPSA) is 94.6 Å². The predicted octanol–water partition coefficient (Wildman–Crippen LogP) is 3.52. The average Bonchev–Trinajstić information content (AvgIpc) is 3.37. The van der Waals surface area contributed by atoms with Crippen molar-refractivity contribution in [3.8, 4) is 11.3 Å². The number of aromatic nitrogens is 1. The van der Waals surface area contributed by atoms with Gasteiger partial charge >= 0.3 is 12.2 Å². The molecule has 2 aromatic rings. The van der Waals surface area contributed by atoms with Gasteiger partial charge in [-0.15, -0.1) is 11.3 Å². The van der Waals surface area contributed by atoms with E-state index in [9.17, 15) is 36.3 Å². The molecular formula is C19H16F5N5O3S2. The Labute approximate surface area is 197 Å². The first-order valence-corrected chi connectivity index (χ1v) is 11.4. The number of halogens is 5. The van der Waals surface area contributed by atoms with Gasteiger partial charge in [0.25, 0.3) is 0 Å². The lowest BCUT2D eigenvalue weighted by atomic mass is 9.93. The van der Waals surface area contributed by atoms with Crippen molar-refractivity contribution in [2.45, 2.75) is 24.0 Å². The number of nitrogens with one attached hydrogen (secondary N) is 2. The second kappa shape index (κ2) is 8.78. The van der Waals surface area contributed by atoms with Crippen LogP contribution in [0.2, 0.25) is 0 Å². The quantitative estimate of drug-likeness (QED) is 0.473. The zero-order valence-corrected chi connectivity index (χ0v) is 19.1. The number of amides is 4. The lowest BCUT2D eigenvalue weighted by molar-refractivity contribution is -0.142. The fourth-order valence-electron chi connectivity index (χ4n) is 3.78. The molecule has 3 unspecified atom stereocenters. The van der Waals surface area contributed by atoms with Crippen LogP contribution in [0.25, 0.3) is 11.3 Å². The summed E-state index contributed by atoms with van der Waals surface area (Å²) in [6.07, 6.45) is -5.39. The van der Waals surface area contributed by atoms with Gasteiger partial charge in [0.15, 0.2) is 5.13 Å². The van der Waals surface area contributed by atoms with Crippen LogP contribution in [-0.4, -0.2) is 58.1 Å². The van der Waals surface area contributed by atoms with Gasteiger partial charge in [-0.05, 0) is 12.1 Å². The Bertz CT molecular complexity index is 1170. The van der Waals surface area contributed by atoms with Crippen molar-refractivity contribution in [1.82, 2.24) is 19.5 Å². The number of thiazole rings is 1. The van der Waals surface area contributed by atoms with Crippen LogP contribution in [0.1, 0.15) is 12.0 Å². The normalized spacial score (nSPS) is 22.9. The Morgan fingerprint density at radius 1 is 1.24 bits per heavy atom. The summed E-state index contributed by atoms with van der Waals surface area (Å²) < 4.78 is 69.9. The molecule has 2 fully saturated rings. The highest BCUT2D eigenvalue weighted by atomic mass is 32.2. The summed E-state index contributed by atoms with van der Waals surface area (Å²) in [5.41, 5.74) is -2.79. The molecule has 182 valence electrons. The molecule has 3 heterocycles. The number of hydrogen-bond acceptors (Lipinski definition) is 7. The minimum absolute atomic E-state index is 0.0149. The molecule has 0 saturated carbocycles. The number of urea groups is 1. The number of imide groups is 1. The van der Waals surface area contributed by atoms with Crippen LogP contribution >= 0.6 is 23.3 Å². The highest BCUT2D eigenvalue weighted by Crippen LogP contribution is 2.39. The Hall–Kier alpha value is -2.78. The second-order valence-corrected chi connectivity index (χ2v) is 9.43. The highest BCUT2D eigenvalue weighted by Gasteiger charge is 2.51. The number of rotatable bonds is 4. The van der Waals surface area contributed by atoms with E-state index in [1.165, 1.54) is 17.3 Å². The van der Waals surface area contributed by atoms with Gasteiger partial charge in [-0.25, -0.2) is 18.6 Å². The minimum Gasteiger partial charge on any atom is -0.313 e. The molecule has 0 radical (unpaired) electrons. The number of anilines is 1. The number of nitrogens with zero attached hydrogens (tertiary/aromatic N) is 3. The third-order valence-corrected chi connectivity index (χ3v) is 7.52. The molecule has 0 spiro atoms. The molecule has 15 heteroatoms. The fourth-order valence-corrected chi connectivity index (χ4v) is 5.76. The maximum atomic E-state index is 14.4. The van der Waals surface area contributed by atoms with Gasteiger partial charge in [-0.2, -0.15) is 13.2 Å². The molecular weight excluding hydrogens is 505 g/mol. The standard InChI is InChI=1S/C19H16F5N5O3S2/c1-28-15(31)12-9(27-34-16(12)29(2)18(28)32)5-11(30)26-17-25-10(6-33-17)7-3-4-8(20)13(14(7)21)19(22,23)24/h3-4,6,9,12,16,27H,5H2,1-2H3,(H,25,26,30). The Morgan fingerprint density at radius 2 is 1.94 bits per heavy atom. The summed E-state index contributed by atoms with van der Waals surface area (Å²) in [6.45, 7) is 0. The smallest absolute Gasteiger partial charge is 0.313 e. The highest BCUT2D eigenvalue weighted by molar-refractivity contribution is 7.98. The third-order valence-electron chi connectivity index (χ3n) is 5.47. The zero-order valence-electron chi connectivity index (χ0n) is 17.4. The number of carbonyl (C=O) groups is 3. The number of alkyl halides is 3. The first-order chi connectivity index (χ1) is 15.9. The summed E-state index contributed by atoms with van der Waals surface area (Å²) in [7, 11) is 2.91. The first-order valence-electron chi connectivity index (χ1n) is 9.66. The van der Waals surface area contributed by atoms with Crippen LogP contribution < -0.4 is 10.0 Å². The van der Waals surface area contributed by atoms with Crippen molar-refractivity contribution >= 4 is 46.3 Å². The summed E-state index contributed by atoms with van der Waals surface area (Å²) in [5.74, 6) is -5.18. The Morgan fingerprint density at radius 3 is 2.62 bits per heavy atom. The molecule has 34 heavy (non-hydrogen) atoms. The van der Waals surface area contributed by atoms with Crippen LogP contribution in [0.5, 0.6) is 0 Å². The van der Waals surface area contributed by atoms with E-state index in [-0.39, 0.29) is 17.2 Å². The molecule has 0 aliphatic carbocycles. The van der Waals surface area contributed by atoms with Crippen molar-refractivity contribution in [1.29, 1.82) is 0 Å². The zero-order chi connectivity index (χ0) is 24.9. The third kappa shape index (κ3) is 4.22. The molecule has 1 aromatic carbocycles. The number of fused-ring (bicyclic) bond motifs is 1. The largest absolute Gasteiger partial charge is 0.422 e. The van der Waals surface area contributed by atoms with E-state index in [1.807, 2.05) is 0 Å². The number of hydrogen-bond donors (Lipinski definition) is 2. The van der Waals surface area contributed by atoms with Gasteiger partial charge in [-0.1, -0.05) is 11.9 Å². The van der Waals surface area contributed by atoms with Crippen molar-refractivity contribution in [2.24, 2.45) is 5.92 Å². The summed E-state index contributed by atoms with van der Waals surface area (Å²) in [5, 5.41) is 3.20. The summed E-state index contributed by atoms with van der Waals surface area (Å²) >= 11 is 2.00. The summed E-state index contributed by atoms with van der Waals surface area (Å²) in [4.78, 5) is 43.5. The molecule has 2 aliphatic rings. The second-order valence-electron chi connectivity index (χ2n) is 7.62. The van der Waals surface area contributed by atoms with E-state index in [2.05, 4.69) is 15.0 Å². The number of carbonyl (C=O) groups excluding carboxylic acids is 3. The monoisotopic (exact) mass is 521 g/mol. The average molecular weight is 521 g/mol. The van der Waals surface area contributed by atoms with Crippen LogP contribution in [0.3, 0.4) is 0 Å². The van der Waals surface area contributed by atoms with Crippen molar-refractivity contribution in [2.75, 3.05) is 19.4 Å². The summed E-state index contributed by atoms with van der Waals surface area (Å²) in [6, 6.07) is 0.286. The minimum atomic E-state index is -5.23. The molecule has 4 amide bonds. The molecule has 2 aliphatic heterocycles. The van der Waals surface area contributed by atoms with Crippen LogP contribution in [0.4, 0.5) is 31.9 Å². The van der Waals surface area contributed by atoms with E-state index in [1.54, 1.807) is 7.05 Å². The van der Waals surface area contributed by atoms with E-state index in [0.29, 0.717) is 6.07 Å². The van der Waals surface area contributed by atoms with Crippen LogP contribution in [0.15, 0.2) is 17.5 Å². The maximum absolute atomic E-state index is 14.4. The Balaban J connectivity index is 1.47. The molecule has 4 rings (SSSR count). The predicted molar refractivity (Wildman–Crippen MR) is 113 cm³/mol. The molecule has 0 bridgehead atoms. The van der Waals surface area contributed by atoms with E-state index in [4.69, 9.17) is 0 Å². The van der Waals surface area contributed by atoms with Gasteiger partial charge in [0.1, 0.15) is 22.6 Å². The van der Waals surface area contributed by atoms with Gasteiger partial charge in [0.2, 0.25) is 11.8 Å². The van der Waals surface area contributed by atoms with Gasteiger partial charge in [0.05, 0.1) is 11.6 Å². The molecule has 3 atom stereocenters. The van der Waals surface area contributed by atoms with Gasteiger partial charge in [0, 0.05) is 37.5 Å². The molecule has 2 N–H and O–H groups in total. The van der Waals surface area contributed by atoms with Crippen molar-refractivity contribution < 1.29 is 36.3 Å². The molecule has 2 saturated heterocycles. The van der Waals surface area contributed by atoms with Crippen LogP contribution in [0, 0.1) is 17.6 Å². The van der Waals surface area contributed by atoms with E-state index in [0.717, 1.165) is 34.3 Å². The fraction of sp³-hybridized carbons (Fsp3) is 0.368. The SMILES string of the molecule is CN1C(=O)C2C(CC(=O)Nc3nc(-c4ccc(F)c(C(F)(F)F)c4F)cs3)NSC2N(C)C1=O. The number of benzene rings is 1. The lowest BCUT2D eigenvalue weighted by Crippen LogP contribution is -2.58. The van der Waals surface area contributed by atoms with Crippen molar-refractivity contribution in [3.63, 3.8) is 0 Å². The first kappa shape index (κ1) is 24.3. The molecule has 1 aromatic heterocycles. The van der Waals surface area contributed by atoms with Crippen LogP contribution in [-0.2, 0) is 15.8 Å². The Kier molecular flexibility index (Phi) is 6.29. The van der Waals surface area contributed by atoms with E-state index >= 15 is 0 Å². The molecule has 8 nitrogen and oxygen atoms in total. The van der Waals surface area contributed by atoms with E-state index < -0.39 is 64.1 Å². The lowest BCUT2D eigenvalue weighted by Gasteiger charge is -2.38. The maximum Gasteiger partial charge on any atom is 0.422 e.